The summed E-state index contributed by atoms with van der Waals surface area (Å²) in [6.07, 6.45) is 2.29. The fraction of sp³-hybridized carbons (Fsp3) is 0.400. The zero-order valence-electron chi connectivity index (χ0n) is 10.1. The monoisotopic (exact) mass is 296 g/mol. The van der Waals surface area contributed by atoms with Crippen LogP contribution in [-0.2, 0) is 0 Å². The van der Waals surface area contributed by atoms with Gasteiger partial charge in [-0.1, -0.05) is 11.3 Å². The molecule has 1 saturated carbocycles. The normalized spacial score (nSPS) is 14.4. The second-order valence-electron chi connectivity index (χ2n) is 4.25. The quantitative estimate of drug-likeness (QED) is 0.793. The Morgan fingerprint density at radius 2 is 2.16 bits per heavy atom. The molecule has 2 aromatic rings. The Bertz CT molecular complexity index is 617. The van der Waals surface area contributed by atoms with Gasteiger partial charge in [-0.2, -0.15) is 4.37 Å². The first-order chi connectivity index (χ1) is 9.11. The Morgan fingerprint density at radius 3 is 2.79 bits per heavy atom. The largest absolute Gasteiger partial charge is 0.382 e. The third-order valence-electron chi connectivity index (χ3n) is 2.51. The lowest BCUT2D eigenvalue weighted by Crippen LogP contribution is -2.11. The van der Waals surface area contributed by atoms with Crippen molar-refractivity contribution in [3.8, 4) is 0 Å². The van der Waals surface area contributed by atoms with Crippen molar-refractivity contribution in [3.63, 3.8) is 0 Å². The number of amides is 1. The molecule has 1 fully saturated rings. The van der Waals surface area contributed by atoms with Crippen molar-refractivity contribution >= 4 is 44.9 Å². The molecule has 0 spiro atoms. The van der Waals surface area contributed by atoms with E-state index in [0.717, 1.165) is 24.4 Å². The van der Waals surface area contributed by atoms with E-state index in [1.807, 2.05) is 0 Å². The highest BCUT2D eigenvalue weighted by Gasteiger charge is 2.24. The molecule has 0 aliphatic heterocycles. The van der Waals surface area contributed by atoms with Gasteiger partial charge in [0, 0.05) is 17.6 Å². The second-order valence-corrected chi connectivity index (χ2v) is 6.00. The number of carbonyl (C=O) groups excluding carboxylic acids is 1. The first-order valence-corrected chi connectivity index (χ1v) is 7.35. The molecule has 0 radical (unpaired) electrons. The summed E-state index contributed by atoms with van der Waals surface area (Å²) in [7, 11) is 0. The van der Waals surface area contributed by atoms with E-state index in [0.29, 0.717) is 27.0 Å². The topological polar surface area (TPSA) is 106 Å². The van der Waals surface area contributed by atoms with Gasteiger partial charge in [0.15, 0.2) is 5.13 Å². The van der Waals surface area contributed by atoms with Crippen LogP contribution in [0.15, 0.2) is 0 Å². The van der Waals surface area contributed by atoms with Crippen molar-refractivity contribution in [2.24, 2.45) is 0 Å². The number of nitrogen functional groups attached to an aromatic ring is 1. The van der Waals surface area contributed by atoms with Gasteiger partial charge in [-0.15, -0.1) is 0 Å². The highest BCUT2D eigenvalue weighted by molar-refractivity contribution is 7.18. The molecular weight excluding hydrogens is 284 g/mol. The van der Waals surface area contributed by atoms with Gasteiger partial charge in [-0.25, -0.2) is 9.97 Å². The van der Waals surface area contributed by atoms with Crippen LogP contribution in [0.4, 0.5) is 16.1 Å². The van der Waals surface area contributed by atoms with Gasteiger partial charge in [0.1, 0.15) is 16.5 Å². The number of aryl methyl sites for hydroxylation is 1. The average molecular weight is 296 g/mol. The summed E-state index contributed by atoms with van der Waals surface area (Å²) >= 11 is 2.40. The van der Waals surface area contributed by atoms with Crippen LogP contribution >= 0.6 is 22.9 Å². The number of hydrogen-bond acceptors (Lipinski definition) is 8. The van der Waals surface area contributed by atoms with Crippen molar-refractivity contribution in [2.75, 3.05) is 16.4 Å². The summed E-state index contributed by atoms with van der Waals surface area (Å²) < 4.78 is 4.00. The molecule has 2 aromatic heterocycles. The molecular formula is C10H12N6OS2. The fourth-order valence-corrected chi connectivity index (χ4v) is 2.89. The molecule has 19 heavy (non-hydrogen) atoms. The zero-order chi connectivity index (χ0) is 13.4. The summed E-state index contributed by atoms with van der Waals surface area (Å²) in [4.78, 5) is 20.7. The third-order valence-corrected chi connectivity index (χ3v) is 4.24. The van der Waals surface area contributed by atoms with Crippen LogP contribution in [0.5, 0.6) is 0 Å². The maximum atomic E-state index is 12.0. The van der Waals surface area contributed by atoms with Crippen LogP contribution in [-0.4, -0.2) is 26.3 Å². The van der Waals surface area contributed by atoms with Crippen LogP contribution in [0.1, 0.15) is 28.3 Å². The van der Waals surface area contributed by atoms with Gasteiger partial charge in [0.2, 0.25) is 5.13 Å². The van der Waals surface area contributed by atoms with Crippen molar-refractivity contribution < 1.29 is 4.79 Å². The Labute approximate surface area is 117 Å². The van der Waals surface area contributed by atoms with E-state index in [9.17, 15) is 4.79 Å². The molecule has 0 bridgehead atoms. The smallest absolute Gasteiger partial charge is 0.271 e. The number of nitrogens with zero attached hydrogens (tertiary/aromatic N) is 3. The standard InChI is InChI=1S/C10H12N6OS2/c1-4-12-10(19-16-4)15-8(17)6-7(11)14-9(18-6)13-5-2-3-5/h5H,2-3,11H2,1H3,(H,13,14)(H,12,15,16,17). The minimum atomic E-state index is -0.296. The molecule has 4 N–H and O–H groups in total. The molecule has 100 valence electrons. The third kappa shape index (κ3) is 2.82. The van der Waals surface area contributed by atoms with Crippen molar-refractivity contribution in [1.82, 2.24) is 14.3 Å². The van der Waals surface area contributed by atoms with E-state index < -0.39 is 0 Å². The Kier molecular flexibility index (Phi) is 3.07. The molecule has 7 nitrogen and oxygen atoms in total. The first-order valence-electron chi connectivity index (χ1n) is 5.76. The van der Waals surface area contributed by atoms with Crippen LogP contribution in [0.2, 0.25) is 0 Å². The second kappa shape index (κ2) is 4.74. The maximum Gasteiger partial charge on any atom is 0.271 e. The Balaban J connectivity index is 1.73. The predicted octanol–water partition coefficient (Wildman–Crippen LogP) is 1.71. The minimum Gasteiger partial charge on any atom is -0.382 e. The summed E-state index contributed by atoms with van der Waals surface area (Å²) in [5.41, 5.74) is 5.76. The maximum absolute atomic E-state index is 12.0. The molecule has 1 aliphatic carbocycles. The molecule has 0 aromatic carbocycles. The van der Waals surface area contributed by atoms with Crippen LogP contribution in [0.3, 0.4) is 0 Å². The van der Waals surface area contributed by atoms with E-state index in [2.05, 4.69) is 25.0 Å². The summed E-state index contributed by atoms with van der Waals surface area (Å²) in [5.74, 6) is 0.579. The van der Waals surface area contributed by atoms with Crippen LogP contribution < -0.4 is 16.4 Å². The number of aromatic nitrogens is 3. The van der Waals surface area contributed by atoms with Crippen molar-refractivity contribution in [3.05, 3.63) is 10.7 Å². The van der Waals surface area contributed by atoms with Gasteiger partial charge in [0.25, 0.3) is 5.91 Å². The first kappa shape index (κ1) is 12.3. The molecule has 3 rings (SSSR count). The lowest BCUT2D eigenvalue weighted by Gasteiger charge is -1.97. The van der Waals surface area contributed by atoms with Crippen LogP contribution in [0, 0.1) is 6.92 Å². The highest BCUT2D eigenvalue weighted by atomic mass is 32.1. The lowest BCUT2D eigenvalue weighted by molar-refractivity contribution is 0.103. The van der Waals surface area contributed by atoms with Gasteiger partial charge >= 0.3 is 0 Å². The van der Waals surface area contributed by atoms with Gasteiger partial charge in [-0.3, -0.25) is 10.1 Å². The molecule has 9 heteroatoms. The molecule has 1 aliphatic rings. The van der Waals surface area contributed by atoms with Gasteiger partial charge < -0.3 is 11.1 Å². The number of nitrogens with one attached hydrogen (secondary N) is 2. The Hall–Kier alpha value is -1.74. The number of anilines is 3. The summed E-state index contributed by atoms with van der Waals surface area (Å²) in [6.45, 7) is 1.77. The van der Waals surface area contributed by atoms with Crippen molar-refractivity contribution in [2.45, 2.75) is 25.8 Å². The van der Waals surface area contributed by atoms with Crippen molar-refractivity contribution in [1.29, 1.82) is 0 Å². The number of rotatable bonds is 4. The van der Waals surface area contributed by atoms with E-state index in [1.165, 1.54) is 11.3 Å². The molecule has 0 atom stereocenters. The summed E-state index contributed by atoms with van der Waals surface area (Å²) in [5, 5.41) is 7.05. The zero-order valence-corrected chi connectivity index (χ0v) is 11.8. The van der Waals surface area contributed by atoms with E-state index in [1.54, 1.807) is 6.92 Å². The molecule has 0 saturated heterocycles. The average Bonchev–Trinajstić information content (AvgIpc) is 2.95. The molecule has 2 heterocycles. The highest BCUT2D eigenvalue weighted by Crippen LogP contribution is 2.31. The molecule has 1 amide bonds. The fourth-order valence-electron chi connectivity index (χ4n) is 1.46. The number of nitrogens with two attached hydrogens (primary N) is 1. The SMILES string of the molecule is Cc1nsc(NC(=O)c2sc(NC3CC3)nc2N)n1. The molecule has 0 unspecified atom stereocenters. The predicted molar refractivity (Wildman–Crippen MR) is 75.8 cm³/mol. The van der Waals surface area contributed by atoms with Crippen LogP contribution in [0.25, 0.3) is 0 Å². The Morgan fingerprint density at radius 1 is 1.37 bits per heavy atom. The van der Waals surface area contributed by atoms with Gasteiger partial charge in [0.05, 0.1) is 0 Å². The summed E-state index contributed by atoms with van der Waals surface area (Å²) in [6, 6.07) is 0.479. The lowest BCUT2D eigenvalue weighted by atomic mass is 10.5. The van der Waals surface area contributed by atoms with Gasteiger partial charge in [-0.05, 0) is 19.8 Å². The number of hydrogen-bond donors (Lipinski definition) is 3. The van der Waals surface area contributed by atoms with E-state index in [-0.39, 0.29) is 11.7 Å². The number of thiazole rings is 1. The van der Waals surface area contributed by atoms with E-state index >= 15 is 0 Å². The number of carbonyl (C=O) groups is 1. The van der Waals surface area contributed by atoms with E-state index in [4.69, 9.17) is 5.73 Å². The minimum absolute atomic E-state index is 0.242.